The number of aliphatic carboxylic acids is 1. The SMILES string of the molecule is Cc1ccc(SCC(F)(F)F)c(NC(=O)N(C)CCC(=O)O)c1. The second-order valence-electron chi connectivity index (χ2n) is 4.90. The lowest BCUT2D eigenvalue weighted by atomic mass is 10.2. The molecule has 23 heavy (non-hydrogen) atoms. The summed E-state index contributed by atoms with van der Waals surface area (Å²) in [5.41, 5.74) is 1.05. The maximum Gasteiger partial charge on any atom is 0.398 e. The van der Waals surface area contributed by atoms with E-state index in [1.165, 1.54) is 13.1 Å². The van der Waals surface area contributed by atoms with Gasteiger partial charge in [-0.1, -0.05) is 6.07 Å². The van der Waals surface area contributed by atoms with Crippen LogP contribution in [-0.4, -0.2) is 47.5 Å². The molecule has 0 spiro atoms. The molecule has 0 saturated carbocycles. The molecule has 1 rings (SSSR count). The van der Waals surface area contributed by atoms with Gasteiger partial charge in [0, 0.05) is 18.5 Å². The number of carbonyl (C=O) groups excluding carboxylic acids is 1. The van der Waals surface area contributed by atoms with E-state index >= 15 is 0 Å². The Hall–Kier alpha value is -1.90. The number of carbonyl (C=O) groups is 2. The Morgan fingerprint density at radius 2 is 2.00 bits per heavy atom. The van der Waals surface area contributed by atoms with E-state index in [0.717, 1.165) is 10.5 Å². The standard InChI is InChI=1S/C14H17F3N2O3S/c1-9-3-4-11(23-8-14(15,16)17)10(7-9)18-13(22)19(2)6-5-12(20)21/h3-4,7H,5-6,8H2,1-2H3,(H,18,22)(H,20,21). The highest BCUT2D eigenvalue weighted by Gasteiger charge is 2.28. The molecule has 1 aromatic rings. The molecule has 0 aliphatic rings. The number of carboxylic acid groups (broad SMARTS) is 1. The van der Waals surface area contributed by atoms with Crippen LogP contribution < -0.4 is 5.32 Å². The van der Waals surface area contributed by atoms with Gasteiger partial charge in [0.15, 0.2) is 0 Å². The van der Waals surface area contributed by atoms with E-state index in [4.69, 9.17) is 5.11 Å². The number of benzene rings is 1. The molecule has 0 aliphatic heterocycles. The number of nitrogens with one attached hydrogen (secondary N) is 1. The number of thioether (sulfide) groups is 1. The van der Waals surface area contributed by atoms with Gasteiger partial charge in [-0.25, -0.2) is 4.79 Å². The quantitative estimate of drug-likeness (QED) is 0.770. The normalized spacial score (nSPS) is 11.2. The molecule has 0 saturated heterocycles. The number of hydrogen-bond donors (Lipinski definition) is 2. The smallest absolute Gasteiger partial charge is 0.398 e. The number of hydrogen-bond acceptors (Lipinski definition) is 3. The van der Waals surface area contributed by atoms with Crippen molar-refractivity contribution in [2.45, 2.75) is 24.4 Å². The van der Waals surface area contributed by atoms with Crippen molar-refractivity contribution in [3.8, 4) is 0 Å². The Kier molecular flexibility index (Phi) is 6.74. The minimum atomic E-state index is -4.31. The van der Waals surface area contributed by atoms with Crippen molar-refractivity contribution in [3.05, 3.63) is 23.8 Å². The monoisotopic (exact) mass is 350 g/mol. The van der Waals surface area contributed by atoms with Crippen LogP contribution in [0.15, 0.2) is 23.1 Å². The number of nitrogens with zero attached hydrogens (tertiary/aromatic N) is 1. The molecule has 0 unspecified atom stereocenters. The van der Waals surface area contributed by atoms with Crippen LogP contribution in [0, 0.1) is 6.92 Å². The molecule has 2 amide bonds. The topological polar surface area (TPSA) is 69.6 Å². The first-order valence-electron chi connectivity index (χ1n) is 6.62. The number of carboxylic acids is 1. The summed E-state index contributed by atoms with van der Waals surface area (Å²) in [6.07, 6.45) is -4.53. The second kappa shape index (κ2) is 8.09. The van der Waals surface area contributed by atoms with E-state index in [1.807, 2.05) is 0 Å². The van der Waals surface area contributed by atoms with Crippen LogP contribution >= 0.6 is 11.8 Å². The lowest BCUT2D eigenvalue weighted by Gasteiger charge is -2.19. The third kappa shape index (κ3) is 7.27. The molecular formula is C14H17F3N2O3S. The Morgan fingerprint density at radius 1 is 1.35 bits per heavy atom. The van der Waals surface area contributed by atoms with E-state index < -0.39 is 23.9 Å². The van der Waals surface area contributed by atoms with Gasteiger partial charge >= 0.3 is 18.2 Å². The van der Waals surface area contributed by atoms with Gasteiger partial charge in [-0.15, -0.1) is 11.8 Å². The second-order valence-corrected chi connectivity index (χ2v) is 5.92. The van der Waals surface area contributed by atoms with Crippen molar-refractivity contribution >= 4 is 29.4 Å². The largest absolute Gasteiger partial charge is 0.481 e. The Morgan fingerprint density at radius 3 is 2.57 bits per heavy atom. The highest BCUT2D eigenvalue weighted by atomic mass is 32.2. The molecule has 0 atom stereocenters. The molecule has 0 radical (unpaired) electrons. The first kappa shape index (κ1) is 19.1. The highest BCUT2D eigenvalue weighted by molar-refractivity contribution is 7.99. The molecule has 0 aromatic heterocycles. The van der Waals surface area contributed by atoms with Crippen LogP contribution in [0.1, 0.15) is 12.0 Å². The van der Waals surface area contributed by atoms with Gasteiger partial charge in [0.2, 0.25) is 0 Å². The Labute approximate surface area is 135 Å². The van der Waals surface area contributed by atoms with E-state index in [-0.39, 0.29) is 18.7 Å². The van der Waals surface area contributed by atoms with Crippen molar-refractivity contribution in [2.24, 2.45) is 0 Å². The van der Waals surface area contributed by atoms with Gasteiger partial charge in [0.25, 0.3) is 0 Å². The number of amides is 2. The van der Waals surface area contributed by atoms with Gasteiger partial charge in [-0.05, 0) is 24.6 Å². The van der Waals surface area contributed by atoms with E-state index in [2.05, 4.69) is 5.32 Å². The first-order valence-corrected chi connectivity index (χ1v) is 7.61. The van der Waals surface area contributed by atoms with Crippen LogP contribution in [0.4, 0.5) is 23.7 Å². The molecule has 0 heterocycles. The number of aryl methyl sites for hydroxylation is 1. The fraction of sp³-hybridized carbons (Fsp3) is 0.429. The molecule has 2 N–H and O–H groups in total. The summed E-state index contributed by atoms with van der Waals surface area (Å²) in [5, 5.41) is 11.1. The predicted octanol–water partition coefficient (Wildman–Crippen LogP) is 3.59. The molecule has 9 heteroatoms. The van der Waals surface area contributed by atoms with Crippen LogP contribution in [0.2, 0.25) is 0 Å². The van der Waals surface area contributed by atoms with Crippen LogP contribution in [0.3, 0.4) is 0 Å². The summed E-state index contributed by atoms with van der Waals surface area (Å²) in [7, 11) is 1.41. The molecule has 128 valence electrons. The van der Waals surface area contributed by atoms with Crippen molar-refractivity contribution in [3.63, 3.8) is 0 Å². The zero-order valence-corrected chi connectivity index (χ0v) is 13.4. The van der Waals surface area contributed by atoms with E-state index in [9.17, 15) is 22.8 Å². The molecule has 0 bridgehead atoms. The number of rotatable bonds is 6. The van der Waals surface area contributed by atoms with Gasteiger partial charge in [0.1, 0.15) is 0 Å². The highest BCUT2D eigenvalue weighted by Crippen LogP contribution is 2.33. The van der Waals surface area contributed by atoms with Crippen molar-refractivity contribution < 1.29 is 27.9 Å². The van der Waals surface area contributed by atoms with Crippen molar-refractivity contribution in [1.29, 1.82) is 0 Å². The number of anilines is 1. The minimum Gasteiger partial charge on any atom is -0.481 e. The average molecular weight is 350 g/mol. The fourth-order valence-electron chi connectivity index (χ4n) is 1.60. The Balaban J connectivity index is 2.79. The summed E-state index contributed by atoms with van der Waals surface area (Å²) in [4.78, 5) is 23.9. The summed E-state index contributed by atoms with van der Waals surface area (Å²) in [5.74, 6) is -2.10. The maximum absolute atomic E-state index is 12.3. The van der Waals surface area contributed by atoms with Gasteiger partial charge < -0.3 is 15.3 Å². The summed E-state index contributed by atoms with van der Waals surface area (Å²) in [6.45, 7) is 1.75. The first-order chi connectivity index (χ1) is 10.6. The number of urea groups is 1. The molecule has 0 fully saturated rings. The predicted molar refractivity (Wildman–Crippen MR) is 81.9 cm³/mol. The minimum absolute atomic E-state index is 0.00197. The van der Waals surface area contributed by atoms with Gasteiger partial charge in [-0.3, -0.25) is 4.79 Å². The average Bonchev–Trinajstić information content (AvgIpc) is 2.42. The van der Waals surface area contributed by atoms with Crippen LogP contribution in [0.25, 0.3) is 0 Å². The summed E-state index contributed by atoms with van der Waals surface area (Å²) >= 11 is 0.582. The third-order valence-corrected chi connectivity index (χ3v) is 3.91. The Bertz CT molecular complexity index is 579. The molecule has 5 nitrogen and oxygen atoms in total. The molecule has 1 aromatic carbocycles. The number of alkyl halides is 3. The summed E-state index contributed by atoms with van der Waals surface area (Å²) < 4.78 is 37.0. The molecule has 0 aliphatic carbocycles. The maximum atomic E-state index is 12.3. The zero-order chi connectivity index (χ0) is 17.6. The van der Waals surface area contributed by atoms with E-state index in [0.29, 0.717) is 16.7 Å². The van der Waals surface area contributed by atoms with Crippen LogP contribution in [-0.2, 0) is 4.79 Å². The van der Waals surface area contributed by atoms with Crippen molar-refractivity contribution in [2.75, 3.05) is 24.7 Å². The summed E-state index contributed by atoms with van der Waals surface area (Å²) in [6, 6.07) is 4.16. The fourth-order valence-corrected chi connectivity index (χ4v) is 2.35. The lowest BCUT2D eigenvalue weighted by molar-refractivity contribution is -0.137. The van der Waals surface area contributed by atoms with Crippen LogP contribution in [0.5, 0.6) is 0 Å². The van der Waals surface area contributed by atoms with Crippen molar-refractivity contribution in [1.82, 2.24) is 4.90 Å². The van der Waals surface area contributed by atoms with Gasteiger partial charge in [0.05, 0.1) is 17.9 Å². The van der Waals surface area contributed by atoms with Gasteiger partial charge in [-0.2, -0.15) is 13.2 Å². The lowest BCUT2D eigenvalue weighted by Crippen LogP contribution is -2.33. The third-order valence-electron chi connectivity index (χ3n) is 2.78. The number of halogens is 3. The zero-order valence-electron chi connectivity index (χ0n) is 12.6. The van der Waals surface area contributed by atoms with E-state index in [1.54, 1.807) is 19.1 Å². The molecular weight excluding hydrogens is 333 g/mol.